The third kappa shape index (κ3) is 2.77. The summed E-state index contributed by atoms with van der Waals surface area (Å²) in [5, 5.41) is 9.28. The number of likely N-dealkylation sites (N-methyl/N-ethyl adjacent to an activating group) is 1. The van der Waals surface area contributed by atoms with Gasteiger partial charge in [0.15, 0.2) is 0 Å². The molecule has 1 fully saturated rings. The number of carboxylic acids is 1. The second-order valence-corrected chi connectivity index (χ2v) is 6.78. The summed E-state index contributed by atoms with van der Waals surface area (Å²) in [6.07, 6.45) is 2.63. The van der Waals surface area contributed by atoms with E-state index < -0.39 is 11.4 Å². The van der Waals surface area contributed by atoms with Gasteiger partial charge in [-0.25, -0.2) is 0 Å². The zero-order valence-electron chi connectivity index (χ0n) is 12.9. The fourth-order valence-corrected chi connectivity index (χ4v) is 3.40. The van der Waals surface area contributed by atoms with E-state index in [0.717, 1.165) is 45.4 Å². The van der Waals surface area contributed by atoms with E-state index in [1.807, 2.05) is 6.92 Å². The average molecular weight is 288 g/mol. The van der Waals surface area contributed by atoms with Gasteiger partial charge in [-0.2, -0.15) is 0 Å². The van der Waals surface area contributed by atoms with Crippen LogP contribution in [0.15, 0.2) is 18.2 Å². The van der Waals surface area contributed by atoms with Crippen LogP contribution in [0.3, 0.4) is 0 Å². The average Bonchev–Trinajstić information content (AvgIpc) is 2.83. The molecular formula is C17H24N2O2. The van der Waals surface area contributed by atoms with Crippen LogP contribution in [0.5, 0.6) is 0 Å². The number of hydrogen-bond acceptors (Lipinski definition) is 3. The van der Waals surface area contributed by atoms with Gasteiger partial charge in [-0.3, -0.25) is 9.69 Å². The van der Waals surface area contributed by atoms with Crippen LogP contribution in [0.2, 0.25) is 0 Å². The fraction of sp³-hybridized carbons (Fsp3) is 0.588. The SMILES string of the molecule is CN1CCc2cc(CN3CCC(C)(C(=O)O)CC3)ccc21. The van der Waals surface area contributed by atoms with Gasteiger partial charge >= 0.3 is 5.97 Å². The second-order valence-electron chi connectivity index (χ2n) is 6.78. The van der Waals surface area contributed by atoms with Gasteiger partial charge < -0.3 is 10.0 Å². The lowest BCUT2D eigenvalue weighted by Gasteiger charge is -2.36. The summed E-state index contributed by atoms with van der Waals surface area (Å²) in [6, 6.07) is 6.76. The number of anilines is 1. The number of carboxylic acid groups (broad SMARTS) is 1. The lowest BCUT2D eigenvalue weighted by Crippen LogP contribution is -2.42. The monoisotopic (exact) mass is 288 g/mol. The molecule has 21 heavy (non-hydrogen) atoms. The molecule has 114 valence electrons. The molecule has 0 aliphatic carbocycles. The van der Waals surface area contributed by atoms with Gasteiger partial charge in [0, 0.05) is 25.8 Å². The Balaban J connectivity index is 1.63. The fourth-order valence-electron chi connectivity index (χ4n) is 3.40. The molecule has 1 aromatic carbocycles. The van der Waals surface area contributed by atoms with E-state index in [1.165, 1.54) is 16.8 Å². The molecule has 4 heteroatoms. The molecule has 0 atom stereocenters. The number of fused-ring (bicyclic) bond motifs is 1. The van der Waals surface area contributed by atoms with Crippen molar-refractivity contribution in [2.24, 2.45) is 5.41 Å². The normalized spacial score (nSPS) is 21.3. The van der Waals surface area contributed by atoms with Crippen molar-refractivity contribution in [3.8, 4) is 0 Å². The summed E-state index contributed by atoms with van der Waals surface area (Å²) >= 11 is 0. The third-order valence-corrected chi connectivity index (χ3v) is 5.15. The Labute approximate surface area is 126 Å². The van der Waals surface area contributed by atoms with Crippen LogP contribution in [0, 0.1) is 5.41 Å². The Morgan fingerprint density at radius 2 is 2.00 bits per heavy atom. The molecule has 1 saturated heterocycles. The van der Waals surface area contributed by atoms with E-state index in [0.29, 0.717) is 0 Å². The Morgan fingerprint density at radius 1 is 1.29 bits per heavy atom. The smallest absolute Gasteiger partial charge is 0.309 e. The zero-order valence-corrected chi connectivity index (χ0v) is 12.9. The summed E-state index contributed by atoms with van der Waals surface area (Å²) in [7, 11) is 2.14. The van der Waals surface area contributed by atoms with Crippen LogP contribution in [0.1, 0.15) is 30.9 Å². The Kier molecular flexibility index (Phi) is 3.66. The van der Waals surface area contributed by atoms with Crippen LogP contribution in [0.25, 0.3) is 0 Å². The minimum atomic E-state index is -0.650. The van der Waals surface area contributed by atoms with Crippen LogP contribution in [-0.2, 0) is 17.8 Å². The number of aliphatic carboxylic acids is 1. The van der Waals surface area contributed by atoms with Crippen molar-refractivity contribution in [2.75, 3.05) is 31.6 Å². The third-order valence-electron chi connectivity index (χ3n) is 5.15. The molecule has 1 N–H and O–H groups in total. The first-order chi connectivity index (χ1) is 9.98. The summed E-state index contributed by atoms with van der Waals surface area (Å²) < 4.78 is 0. The molecule has 2 heterocycles. The number of hydrogen-bond donors (Lipinski definition) is 1. The second kappa shape index (κ2) is 5.34. The summed E-state index contributed by atoms with van der Waals surface area (Å²) in [4.78, 5) is 16.0. The van der Waals surface area contributed by atoms with Gasteiger partial charge in [-0.1, -0.05) is 12.1 Å². The predicted molar refractivity (Wildman–Crippen MR) is 83.7 cm³/mol. The molecule has 0 amide bonds. The van der Waals surface area contributed by atoms with Gasteiger partial charge in [0.25, 0.3) is 0 Å². The summed E-state index contributed by atoms with van der Waals surface area (Å²) in [5.74, 6) is -0.650. The van der Waals surface area contributed by atoms with Crippen molar-refractivity contribution in [1.82, 2.24) is 4.90 Å². The van der Waals surface area contributed by atoms with Crippen molar-refractivity contribution in [2.45, 2.75) is 32.7 Å². The topological polar surface area (TPSA) is 43.8 Å². The molecule has 0 bridgehead atoms. The van der Waals surface area contributed by atoms with E-state index in [9.17, 15) is 9.90 Å². The molecule has 2 aliphatic heterocycles. The Bertz CT molecular complexity index is 548. The summed E-state index contributed by atoms with van der Waals surface area (Å²) in [5.41, 5.74) is 3.62. The lowest BCUT2D eigenvalue weighted by molar-refractivity contribution is -0.150. The van der Waals surface area contributed by atoms with E-state index in [2.05, 4.69) is 35.0 Å². The molecule has 0 radical (unpaired) electrons. The number of likely N-dealkylation sites (tertiary alicyclic amines) is 1. The van der Waals surface area contributed by atoms with Crippen LogP contribution >= 0.6 is 0 Å². The first-order valence-corrected chi connectivity index (χ1v) is 7.77. The summed E-state index contributed by atoms with van der Waals surface area (Å²) in [6.45, 7) is 5.67. The zero-order chi connectivity index (χ0) is 15.0. The number of benzene rings is 1. The van der Waals surface area contributed by atoms with Crippen molar-refractivity contribution in [3.63, 3.8) is 0 Å². The maximum Gasteiger partial charge on any atom is 0.309 e. The van der Waals surface area contributed by atoms with E-state index in [4.69, 9.17) is 0 Å². The van der Waals surface area contributed by atoms with Crippen molar-refractivity contribution in [1.29, 1.82) is 0 Å². The minimum Gasteiger partial charge on any atom is -0.481 e. The highest BCUT2D eigenvalue weighted by Gasteiger charge is 2.36. The van der Waals surface area contributed by atoms with E-state index >= 15 is 0 Å². The molecule has 1 aromatic rings. The number of carbonyl (C=O) groups is 1. The molecule has 0 saturated carbocycles. The minimum absolute atomic E-state index is 0.531. The van der Waals surface area contributed by atoms with Gasteiger partial charge in [-0.05, 0) is 56.5 Å². The molecule has 0 unspecified atom stereocenters. The Morgan fingerprint density at radius 3 is 2.67 bits per heavy atom. The largest absolute Gasteiger partial charge is 0.481 e. The van der Waals surface area contributed by atoms with Crippen LogP contribution in [0.4, 0.5) is 5.69 Å². The lowest BCUT2D eigenvalue weighted by atomic mass is 9.80. The van der Waals surface area contributed by atoms with Crippen molar-refractivity contribution < 1.29 is 9.90 Å². The molecule has 0 aromatic heterocycles. The highest BCUT2D eigenvalue weighted by molar-refractivity contribution is 5.74. The number of piperidine rings is 1. The first-order valence-electron chi connectivity index (χ1n) is 7.77. The molecular weight excluding hydrogens is 264 g/mol. The van der Waals surface area contributed by atoms with E-state index in [1.54, 1.807) is 0 Å². The first kappa shape index (κ1) is 14.4. The Hall–Kier alpha value is -1.55. The number of rotatable bonds is 3. The standard InChI is InChI=1S/C17H24N2O2/c1-17(16(20)21)6-9-19(10-7-17)12-13-3-4-15-14(11-13)5-8-18(15)2/h3-4,11H,5-10,12H2,1-2H3,(H,20,21). The van der Waals surface area contributed by atoms with Gasteiger partial charge in [0.05, 0.1) is 5.41 Å². The van der Waals surface area contributed by atoms with Crippen LogP contribution in [-0.4, -0.2) is 42.7 Å². The molecule has 3 rings (SSSR count). The number of nitrogens with zero attached hydrogens (tertiary/aromatic N) is 2. The van der Waals surface area contributed by atoms with Crippen LogP contribution < -0.4 is 4.90 Å². The highest BCUT2D eigenvalue weighted by Crippen LogP contribution is 2.32. The maximum atomic E-state index is 11.3. The van der Waals surface area contributed by atoms with Gasteiger partial charge in [0.1, 0.15) is 0 Å². The van der Waals surface area contributed by atoms with Crippen molar-refractivity contribution >= 4 is 11.7 Å². The van der Waals surface area contributed by atoms with Gasteiger partial charge in [0.2, 0.25) is 0 Å². The van der Waals surface area contributed by atoms with E-state index in [-0.39, 0.29) is 0 Å². The molecule has 4 nitrogen and oxygen atoms in total. The predicted octanol–water partition coefficient (Wildman–Crippen LogP) is 2.37. The van der Waals surface area contributed by atoms with Gasteiger partial charge in [-0.15, -0.1) is 0 Å². The quantitative estimate of drug-likeness (QED) is 0.927. The van der Waals surface area contributed by atoms with Crippen molar-refractivity contribution in [3.05, 3.63) is 29.3 Å². The highest BCUT2D eigenvalue weighted by atomic mass is 16.4. The molecule has 0 spiro atoms. The maximum absolute atomic E-state index is 11.3. The molecule has 2 aliphatic rings.